The molecule has 0 spiro atoms. The number of ether oxygens (including phenoxy) is 3. The monoisotopic (exact) mass is 477 g/mol. The van der Waals surface area contributed by atoms with E-state index in [4.69, 9.17) is 14.2 Å². The fourth-order valence-corrected chi connectivity index (χ4v) is 4.29. The molecule has 1 aromatic heterocycles. The van der Waals surface area contributed by atoms with Gasteiger partial charge in [0.2, 0.25) is 5.54 Å². The minimum Gasteiger partial charge on any atom is -0.479 e. The Morgan fingerprint density at radius 1 is 1.09 bits per heavy atom. The van der Waals surface area contributed by atoms with E-state index in [1.807, 2.05) is 0 Å². The molecule has 3 heterocycles. The van der Waals surface area contributed by atoms with Gasteiger partial charge in [-0.3, -0.25) is 0 Å². The Balaban J connectivity index is 1.57. The fraction of sp³-hybridized carbons (Fsp3) is 0.318. The van der Waals surface area contributed by atoms with Gasteiger partial charge in [-0.05, 0) is 12.1 Å². The summed E-state index contributed by atoms with van der Waals surface area (Å²) in [6.07, 6.45) is -3.62. The Hall–Kier alpha value is -3.32. The van der Waals surface area contributed by atoms with Gasteiger partial charge in [0.15, 0.2) is 23.7 Å². The van der Waals surface area contributed by atoms with Crippen molar-refractivity contribution >= 4 is 5.97 Å². The maximum atomic E-state index is 13.7. The van der Waals surface area contributed by atoms with Crippen molar-refractivity contribution in [2.45, 2.75) is 30.1 Å². The van der Waals surface area contributed by atoms with E-state index in [-0.39, 0.29) is 24.5 Å². The van der Waals surface area contributed by atoms with Crippen molar-refractivity contribution in [3.63, 3.8) is 0 Å². The number of aliphatic carboxylic acids is 1. The lowest BCUT2D eigenvalue weighted by Crippen LogP contribution is -2.70. The number of rotatable bonds is 4. The molecule has 2 aromatic carbocycles. The van der Waals surface area contributed by atoms with Crippen LogP contribution in [0.5, 0.6) is 0 Å². The average Bonchev–Trinajstić information content (AvgIpc) is 3.32. The summed E-state index contributed by atoms with van der Waals surface area (Å²) in [5, 5.41) is 28.8. The van der Waals surface area contributed by atoms with Crippen molar-refractivity contribution < 1.29 is 42.4 Å². The van der Waals surface area contributed by atoms with Crippen LogP contribution < -0.4 is 0 Å². The van der Waals surface area contributed by atoms with Gasteiger partial charge in [-0.1, -0.05) is 35.5 Å². The van der Waals surface area contributed by atoms with Gasteiger partial charge in [-0.15, -0.1) is 5.10 Å². The molecule has 178 valence electrons. The summed E-state index contributed by atoms with van der Waals surface area (Å²) in [4.78, 5) is 12.7. The van der Waals surface area contributed by atoms with Gasteiger partial charge in [0.1, 0.15) is 24.0 Å². The lowest BCUT2D eigenvalue weighted by molar-refractivity contribution is -0.320. The molecule has 5 rings (SSSR count). The van der Waals surface area contributed by atoms with Gasteiger partial charge in [-0.2, -0.15) is 0 Å². The van der Waals surface area contributed by atoms with Crippen LogP contribution in [0.1, 0.15) is 11.9 Å². The molecule has 5 atom stereocenters. The van der Waals surface area contributed by atoms with Crippen molar-refractivity contribution in [2.24, 2.45) is 0 Å². The number of carboxylic acids is 1. The van der Waals surface area contributed by atoms with Crippen molar-refractivity contribution in [3.05, 3.63) is 71.7 Å². The molecule has 0 bridgehead atoms. The number of carbonyl (C=O) groups is 1. The molecule has 2 fully saturated rings. The maximum Gasteiger partial charge on any atom is 0.337 e. The van der Waals surface area contributed by atoms with E-state index in [9.17, 15) is 28.2 Å². The second kappa shape index (κ2) is 8.47. The van der Waals surface area contributed by atoms with Crippen molar-refractivity contribution in [1.29, 1.82) is 0 Å². The summed E-state index contributed by atoms with van der Waals surface area (Å²) in [6.45, 7) is -0.396. The number of aliphatic hydroxyl groups is 1. The van der Waals surface area contributed by atoms with Crippen LogP contribution in [0.2, 0.25) is 0 Å². The molecule has 0 unspecified atom stereocenters. The topological polar surface area (TPSA) is 116 Å². The summed E-state index contributed by atoms with van der Waals surface area (Å²) in [5.74, 6) is -6.02. The normalized spacial score (nSPS) is 28.9. The number of hydrogen-bond acceptors (Lipinski definition) is 7. The minimum atomic E-state index is -2.21. The number of benzene rings is 2. The maximum absolute atomic E-state index is 13.7. The molecular weight excluding hydrogens is 459 g/mol. The highest BCUT2D eigenvalue weighted by atomic mass is 19.2. The highest BCUT2D eigenvalue weighted by molar-refractivity contribution is 5.79. The molecule has 2 aliphatic rings. The van der Waals surface area contributed by atoms with Crippen LogP contribution in [-0.4, -0.2) is 62.7 Å². The predicted molar refractivity (Wildman–Crippen MR) is 107 cm³/mol. The lowest BCUT2D eigenvalue weighted by Gasteiger charge is -2.50. The predicted octanol–water partition coefficient (Wildman–Crippen LogP) is 2.02. The second-order valence-electron chi connectivity index (χ2n) is 7.95. The lowest BCUT2D eigenvalue weighted by atomic mass is 9.80. The molecule has 9 nitrogen and oxygen atoms in total. The summed E-state index contributed by atoms with van der Waals surface area (Å²) < 4.78 is 59.0. The van der Waals surface area contributed by atoms with Crippen molar-refractivity contribution in [2.75, 3.05) is 13.2 Å². The third kappa shape index (κ3) is 3.46. The van der Waals surface area contributed by atoms with E-state index in [2.05, 4.69) is 10.3 Å². The number of fused-ring (bicyclic) bond motifs is 1. The van der Waals surface area contributed by atoms with Crippen LogP contribution >= 0.6 is 0 Å². The summed E-state index contributed by atoms with van der Waals surface area (Å²) >= 11 is 0. The molecule has 0 radical (unpaired) electrons. The molecule has 0 saturated carbocycles. The molecule has 12 heteroatoms. The van der Waals surface area contributed by atoms with Crippen molar-refractivity contribution in [1.82, 2.24) is 15.0 Å². The van der Waals surface area contributed by atoms with E-state index >= 15 is 0 Å². The third-order valence-corrected chi connectivity index (χ3v) is 6.00. The zero-order valence-electron chi connectivity index (χ0n) is 17.3. The number of aliphatic hydroxyl groups excluding tert-OH is 1. The van der Waals surface area contributed by atoms with E-state index in [0.717, 1.165) is 10.9 Å². The first-order valence-electron chi connectivity index (χ1n) is 10.2. The zero-order valence-corrected chi connectivity index (χ0v) is 17.3. The van der Waals surface area contributed by atoms with Crippen LogP contribution in [0.15, 0.2) is 48.7 Å². The number of hydrogen-bond donors (Lipinski definition) is 2. The van der Waals surface area contributed by atoms with E-state index < -0.39 is 53.6 Å². The van der Waals surface area contributed by atoms with E-state index in [1.54, 1.807) is 30.3 Å². The Labute approximate surface area is 190 Å². The van der Waals surface area contributed by atoms with Gasteiger partial charge in [0, 0.05) is 11.1 Å². The molecule has 2 saturated heterocycles. The molecule has 2 aliphatic heterocycles. The van der Waals surface area contributed by atoms with Gasteiger partial charge in [0.05, 0.1) is 19.4 Å². The Kier molecular flexibility index (Phi) is 5.60. The summed E-state index contributed by atoms with van der Waals surface area (Å²) in [7, 11) is 0. The number of aromatic nitrogens is 3. The van der Waals surface area contributed by atoms with Crippen LogP contribution in [0.25, 0.3) is 11.3 Å². The first kappa shape index (κ1) is 22.5. The number of carboxylic acid groups (broad SMARTS) is 1. The zero-order chi connectivity index (χ0) is 24.0. The van der Waals surface area contributed by atoms with Crippen LogP contribution in [0.3, 0.4) is 0 Å². The van der Waals surface area contributed by atoms with Gasteiger partial charge >= 0.3 is 5.97 Å². The molecule has 0 amide bonds. The smallest absolute Gasteiger partial charge is 0.337 e. The Morgan fingerprint density at radius 2 is 1.79 bits per heavy atom. The quantitative estimate of drug-likeness (QED) is 0.549. The van der Waals surface area contributed by atoms with Crippen LogP contribution in [0.4, 0.5) is 13.2 Å². The van der Waals surface area contributed by atoms with E-state index in [0.29, 0.717) is 17.7 Å². The fourth-order valence-electron chi connectivity index (χ4n) is 4.29. The van der Waals surface area contributed by atoms with E-state index in [1.165, 1.54) is 0 Å². The first-order chi connectivity index (χ1) is 16.3. The highest BCUT2D eigenvalue weighted by Gasteiger charge is 2.63. The largest absolute Gasteiger partial charge is 0.479 e. The summed E-state index contributed by atoms with van der Waals surface area (Å²) in [5.41, 5.74) is -1.89. The Bertz CT molecular complexity index is 1200. The highest BCUT2D eigenvalue weighted by Crippen LogP contribution is 2.41. The van der Waals surface area contributed by atoms with Gasteiger partial charge in [-0.25, -0.2) is 22.6 Å². The number of halogens is 3. The standard InChI is InChI=1S/C22H18F3N3O6/c23-13-6-12(7-14(24)18(13)25)15-8-28(27-26-15)22(21(30)31)17(29)10-32-16-9-33-20(34-19(16)22)11-4-2-1-3-5-11/h1-8,16-17,19-20,29H,9-10H2,(H,30,31)/t16-,17+,19+,20+,22-/m1/s1. The van der Waals surface area contributed by atoms with Crippen molar-refractivity contribution in [3.8, 4) is 11.3 Å². The second-order valence-corrected chi connectivity index (χ2v) is 7.95. The van der Waals surface area contributed by atoms with Gasteiger partial charge in [0.25, 0.3) is 0 Å². The third-order valence-electron chi connectivity index (χ3n) is 6.00. The SMILES string of the molecule is O=C(O)[C@@]1(n2cc(-c3cc(F)c(F)c(F)c3)nn2)[C@@H](O)CO[C@@H]2CO[C@H](c3ccccc3)O[C@@H]21. The minimum absolute atomic E-state index is 0.0259. The molecule has 3 aromatic rings. The molecule has 34 heavy (non-hydrogen) atoms. The first-order valence-corrected chi connectivity index (χ1v) is 10.2. The molecule has 0 aliphatic carbocycles. The average molecular weight is 477 g/mol. The number of nitrogens with zero attached hydrogens (tertiary/aromatic N) is 3. The molecule has 2 N–H and O–H groups in total. The Morgan fingerprint density at radius 3 is 2.47 bits per heavy atom. The molecular formula is C22H18F3N3O6. The van der Waals surface area contributed by atoms with Crippen LogP contribution in [0, 0.1) is 17.5 Å². The summed E-state index contributed by atoms with van der Waals surface area (Å²) in [6, 6.07) is 10.2. The van der Waals surface area contributed by atoms with Gasteiger partial charge < -0.3 is 24.4 Å². The van der Waals surface area contributed by atoms with Crippen LogP contribution in [-0.2, 0) is 24.5 Å².